The van der Waals surface area contributed by atoms with Gasteiger partial charge in [0.05, 0.1) is 11.0 Å². The van der Waals surface area contributed by atoms with Crippen LogP contribution in [0.15, 0.2) is 42.5 Å². The minimum atomic E-state index is 0.342. The van der Waals surface area contributed by atoms with Gasteiger partial charge in [-0.3, -0.25) is 0 Å². The van der Waals surface area contributed by atoms with Crippen LogP contribution in [0.2, 0.25) is 5.02 Å². The summed E-state index contributed by atoms with van der Waals surface area (Å²) in [7, 11) is 0. The van der Waals surface area contributed by atoms with Crippen LogP contribution in [0.25, 0.3) is 11.0 Å². The first kappa shape index (κ1) is 18.5. The van der Waals surface area contributed by atoms with Gasteiger partial charge < -0.3 is 20.4 Å². The number of halogens is 1. The molecule has 0 saturated carbocycles. The summed E-state index contributed by atoms with van der Waals surface area (Å²) in [4.78, 5) is 7.71. The van der Waals surface area contributed by atoms with E-state index in [1.165, 1.54) is 0 Å². The van der Waals surface area contributed by atoms with Crippen molar-refractivity contribution in [3.8, 4) is 5.75 Å². The molecule has 7 heteroatoms. The van der Waals surface area contributed by atoms with E-state index >= 15 is 0 Å². The molecule has 0 unspecified atom stereocenters. The lowest BCUT2D eigenvalue weighted by Gasteiger charge is -2.11. The van der Waals surface area contributed by atoms with Crippen molar-refractivity contribution in [2.24, 2.45) is 0 Å². The molecular weight excluding hydrogens is 368 g/mol. The highest BCUT2D eigenvalue weighted by atomic mass is 35.5. The summed E-state index contributed by atoms with van der Waals surface area (Å²) in [6.45, 7) is 3.36. The molecule has 1 heterocycles. The van der Waals surface area contributed by atoms with E-state index < -0.39 is 0 Å². The molecule has 0 amide bonds. The molecular formula is C19H21ClN4OS. The highest BCUT2D eigenvalue weighted by Gasteiger charge is 2.05. The van der Waals surface area contributed by atoms with Gasteiger partial charge in [0.25, 0.3) is 0 Å². The number of imidazole rings is 1. The van der Waals surface area contributed by atoms with Crippen LogP contribution >= 0.6 is 23.8 Å². The average molecular weight is 389 g/mol. The normalized spacial score (nSPS) is 10.7. The number of hydrogen-bond donors (Lipinski definition) is 3. The van der Waals surface area contributed by atoms with Crippen molar-refractivity contribution in [3.05, 3.63) is 53.3 Å². The number of ether oxygens (including phenoxy) is 1. The van der Waals surface area contributed by atoms with Gasteiger partial charge in [-0.25, -0.2) is 4.98 Å². The maximum atomic E-state index is 6.00. The third-order valence-corrected chi connectivity index (χ3v) is 4.26. The number of aromatic amines is 1. The van der Waals surface area contributed by atoms with Crippen LogP contribution in [0.5, 0.6) is 5.75 Å². The number of unbranched alkanes of at least 4 members (excludes halogenated alkanes) is 1. The zero-order valence-corrected chi connectivity index (χ0v) is 16.1. The van der Waals surface area contributed by atoms with Gasteiger partial charge in [0, 0.05) is 23.3 Å². The summed E-state index contributed by atoms with van der Waals surface area (Å²) in [5.74, 6) is 1.49. The van der Waals surface area contributed by atoms with Crippen LogP contribution in [0.4, 0.5) is 5.69 Å². The van der Waals surface area contributed by atoms with Gasteiger partial charge in [0.15, 0.2) is 5.11 Å². The van der Waals surface area contributed by atoms with Crippen molar-refractivity contribution in [2.45, 2.75) is 26.4 Å². The quantitative estimate of drug-likeness (QED) is 0.397. The number of hydrogen-bond acceptors (Lipinski definition) is 3. The first-order valence-corrected chi connectivity index (χ1v) is 9.34. The summed E-state index contributed by atoms with van der Waals surface area (Å²) in [5.41, 5.74) is 2.65. The predicted octanol–water partition coefficient (Wildman–Crippen LogP) is 4.88. The summed E-state index contributed by atoms with van der Waals surface area (Å²) >= 11 is 11.3. The van der Waals surface area contributed by atoms with E-state index in [0.717, 1.165) is 47.7 Å². The largest absolute Gasteiger partial charge is 0.486 e. The number of fused-ring (bicyclic) bond motifs is 1. The highest BCUT2D eigenvalue weighted by molar-refractivity contribution is 7.80. The number of rotatable bonds is 7. The lowest BCUT2D eigenvalue weighted by atomic mass is 10.3. The molecule has 0 aliphatic rings. The molecule has 0 fully saturated rings. The second-order valence-corrected chi connectivity index (χ2v) is 6.74. The van der Waals surface area contributed by atoms with E-state index in [-0.39, 0.29) is 0 Å². The van der Waals surface area contributed by atoms with E-state index in [1.807, 2.05) is 42.5 Å². The van der Waals surface area contributed by atoms with E-state index in [9.17, 15) is 0 Å². The molecule has 5 nitrogen and oxygen atoms in total. The molecule has 0 aliphatic heterocycles. The van der Waals surface area contributed by atoms with E-state index in [2.05, 4.69) is 27.5 Å². The molecule has 1 aromatic heterocycles. The Balaban J connectivity index is 1.58. The predicted molar refractivity (Wildman–Crippen MR) is 111 cm³/mol. The van der Waals surface area contributed by atoms with Crippen LogP contribution in [0.3, 0.4) is 0 Å². The molecule has 0 aliphatic carbocycles. The first-order valence-electron chi connectivity index (χ1n) is 8.56. The number of nitrogens with zero attached hydrogens (tertiary/aromatic N) is 1. The van der Waals surface area contributed by atoms with Gasteiger partial charge in [0.2, 0.25) is 0 Å². The smallest absolute Gasteiger partial charge is 0.170 e. The molecule has 26 heavy (non-hydrogen) atoms. The van der Waals surface area contributed by atoms with Crippen molar-refractivity contribution in [2.75, 3.05) is 11.9 Å². The second-order valence-electron chi connectivity index (χ2n) is 5.90. The number of aromatic nitrogens is 2. The van der Waals surface area contributed by atoms with Gasteiger partial charge >= 0.3 is 0 Å². The Kier molecular flexibility index (Phi) is 6.30. The molecule has 3 rings (SSSR count). The molecule has 3 aromatic rings. The minimum Gasteiger partial charge on any atom is -0.486 e. The molecule has 2 aromatic carbocycles. The van der Waals surface area contributed by atoms with Crippen molar-refractivity contribution in [1.82, 2.24) is 15.3 Å². The van der Waals surface area contributed by atoms with Crippen LogP contribution in [0.1, 0.15) is 25.6 Å². The molecule has 3 N–H and O–H groups in total. The first-order chi connectivity index (χ1) is 12.6. The Hall–Kier alpha value is -2.31. The van der Waals surface area contributed by atoms with E-state index in [4.69, 9.17) is 28.6 Å². The summed E-state index contributed by atoms with van der Waals surface area (Å²) in [6.07, 6.45) is 2.22. The van der Waals surface area contributed by atoms with Crippen molar-refractivity contribution >= 4 is 45.7 Å². The van der Waals surface area contributed by atoms with Crippen molar-refractivity contribution in [3.63, 3.8) is 0 Å². The lowest BCUT2D eigenvalue weighted by molar-refractivity contribution is 0.297. The fourth-order valence-electron chi connectivity index (χ4n) is 2.47. The van der Waals surface area contributed by atoms with Gasteiger partial charge in [-0.05, 0) is 49.0 Å². The molecule has 0 radical (unpaired) electrons. The zero-order valence-electron chi connectivity index (χ0n) is 14.5. The number of H-pyrrole nitrogens is 1. The minimum absolute atomic E-state index is 0.342. The van der Waals surface area contributed by atoms with E-state index in [1.54, 1.807) is 0 Å². The maximum absolute atomic E-state index is 6.00. The Morgan fingerprint density at radius 3 is 3.00 bits per heavy atom. The Labute approximate surface area is 163 Å². The molecule has 0 atom stereocenters. The second kappa shape index (κ2) is 8.87. The fraction of sp³-hybridized carbons (Fsp3) is 0.263. The Bertz CT molecular complexity index is 896. The van der Waals surface area contributed by atoms with E-state index in [0.29, 0.717) is 16.7 Å². The summed E-state index contributed by atoms with van der Waals surface area (Å²) in [5, 5.41) is 7.64. The van der Waals surface area contributed by atoms with Crippen LogP contribution in [-0.2, 0) is 6.61 Å². The maximum Gasteiger partial charge on any atom is 0.170 e. The molecule has 0 spiro atoms. The van der Waals surface area contributed by atoms with Crippen LogP contribution in [-0.4, -0.2) is 21.6 Å². The van der Waals surface area contributed by atoms with Crippen molar-refractivity contribution in [1.29, 1.82) is 0 Å². The number of nitrogens with one attached hydrogen (secondary N) is 3. The van der Waals surface area contributed by atoms with Crippen LogP contribution in [0, 0.1) is 0 Å². The Morgan fingerprint density at radius 1 is 1.27 bits per heavy atom. The average Bonchev–Trinajstić information content (AvgIpc) is 3.02. The Morgan fingerprint density at radius 2 is 2.15 bits per heavy atom. The highest BCUT2D eigenvalue weighted by Crippen LogP contribution is 2.20. The SMILES string of the molecule is CCCCNC(=S)Nc1cccc(OCc2nc3ccc(Cl)cc3[nH]2)c1. The van der Waals surface area contributed by atoms with Crippen molar-refractivity contribution < 1.29 is 4.74 Å². The van der Waals surface area contributed by atoms with Gasteiger partial charge in [-0.2, -0.15) is 0 Å². The topological polar surface area (TPSA) is 62.0 Å². The van der Waals surface area contributed by atoms with Gasteiger partial charge in [-0.1, -0.05) is 31.0 Å². The van der Waals surface area contributed by atoms with Crippen LogP contribution < -0.4 is 15.4 Å². The fourth-order valence-corrected chi connectivity index (χ4v) is 2.86. The number of thiocarbonyl (C=S) groups is 1. The van der Waals surface area contributed by atoms with Gasteiger partial charge in [0.1, 0.15) is 18.2 Å². The lowest BCUT2D eigenvalue weighted by Crippen LogP contribution is -2.29. The zero-order chi connectivity index (χ0) is 18.4. The third kappa shape index (κ3) is 5.09. The summed E-state index contributed by atoms with van der Waals surface area (Å²) in [6, 6.07) is 13.2. The monoisotopic (exact) mass is 388 g/mol. The number of benzene rings is 2. The molecule has 0 saturated heterocycles. The summed E-state index contributed by atoms with van der Waals surface area (Å²) < 4.78 is 5.84. The molecule has 0 bridgehead atoms. The third-order valence-electron chi connectivity index (χ3n) is 3.78. The standard InChI is InChI=1S/C19H21ClN4OS/c1-2-3-9-21-19(26)22-14-5-4-6-15(11-14)25-12-18-23-16-8-7-13(20)10-17(16)24-18/h4-8,10-11H,2-3,9,12H2,1H3,(H,23,24)(H2,21,22,26). The number of anilines is 1. The van der Waals surface area contributed by atoms with Gasteiger partial charge in [-0.15, -0.1) is 0 Å². The molecule has 136 valence electrons.